The van der Waals surface area contributed by atoms with Crippen molar-refractivity contribution in [1.29, 1.82) is 5.26 Å². The third-order valence-corrected chi connectivity index (χ3v) is 12.7. The third-order valence-electron chi connectivity index (χ3n) is 7.58. The highest BCUT2D eigenvalue weighted by atomic mass is 31.2. The minimum atomic E-state index is -2.39. The predicted molar refractivity (Wildman–Crippen MR) is 151 cm³/mol. The standard InChI is InChI=1S/C32H29N2OP/c1-24-21-26(23-33)22-25(2)30(24)34-31(35)32(19-12-20-32)36(27-13-6-3-7-14-27,28-15-8-4-9-16-28)29-17-10-5-11-18-29/h3-11,13-18,21-22H,12,19-20H2,1-2H3/p+1. The van der Waals surface area contributed by atoms with E-state index in [-0.39, 0.29) is 5.91 Å². The molecule has 178 valence electrons. The van der Waals surface area contributed by atoms with E-state index in [1.807, 2.05) is 44.2 Å². The summed E-state index contributed by atoms with van der Waals surface area (Å²) in [6, 6.07) is 37.9. The largest absolute Gasteiger partial charge is 0.322 e. The molecule has 0 spiro atoms. The van der Waals surface area contributed by atoms with Crippen molar-refractivity contribution in [3.8, 4) is 6.07 Å². The van der Waals surface area contributed by atoms with E-state index < -0.39 is 12.4 Å². The van der Waals surface area contributed by atoms with Crippen molar-refractivity contribution in [1.82, 2.24) is 0 Å². The second kappa shape index (κ2) is 9.73. The normalized spacial score (nSPS) is 14.4. The highest BCUT2D eigenvalue weighted by molar-refractivity contribution is 7.97. The van der Waals surface area contributed by atoms with Gasteiger partial charge in [-0.1, -0.05) is 54.6 Å². The Bertz CT molecular complexity index is 1300. The van der Waals surface area contributed by atoms with E-state index >= 15 is 0 Å². The summed E-state index contributed by atoms with van der Waals surface area (Å²) in [5.41, 5.74) is 3.26. The van der Waals surface area contributed by atoms with Gasteiger partial charge in [0.2, 0.25) is 0 Å². The summed E-state index contributed by atoms with van der Waals surface area (Å²) in [6.07, 6.45) is 2.69. The first-order valence-corrected chi connectivity index (χ1v) is 14.2. The molecule has 5 rings (SSSR count). The van der Waals surface area contributed by atoms with Crippen LogP contribution in [0.3, 0.4) is 0 Å². The van der Waals surface area contributed by atoms with Crippen molar-refractivity contribution in [3.05, 3.63) is 120 Å². The molecule has 4 aromatic carbocycles. The number of hydrogen-bond donors (Lipinski definition) is 1. The molecule has 1 aliphatic rings. The molecule has 0 unspecified atom stereocenters. The maximum Gasteiger partial charge on any atom is 0.269 e. The van der Waals surface area contributed by atoms with Crippen molar-refractivity contribution < 1.29 is 4.79 Å². The lowest BCUT2D eigenvalue weighted by atomic mass is 9.83. The number of anilines is 1. The van der Waals surface area contributed by atoms with E-state index in [1.165, 1.54) is 15.9 Å². The zero-order valence-electron chi connectivity index (χ0n) is 20.7. The van der Waals surface area contributed by atoms with Crippen LogP contribution in [0.4, 0.5) is 5.69 Å². The summed E-state index contributed by atoms with van der Waals surface area (Å²) >= 11 is 0. The summed E-state index contributed by atoms with van der Waals surface area (Å²) in [6.45, 7) is 3.93. The van der Waals surface area contributed by atoms with E-state index in [9.17, 15) is 10.1 Å². The smallest absolute Gasteiger partial charge is 0.269 e. The number of carbonyl (C=O) groups is 1. The minimum absolute atomic E-state index is 0.0783. The average molecular weight is 490 g/mol. The predicted octanol–water partition coefficient (Wildman–Crippen LogP) is 6.03. The molecule has 0 atom stereocenters. The second-order valence-electron chi connectivity index (χ2n) is 9.61. The molecule has 0 saturated heterocycles. The van der Waals surface area contributed by atoms with Gasteiger partial charge in [-0.3, -0.25) is 4.79 Å². The lowest BCUT2D eigenvalue weighted by molar-refractivity contribution is -0.120. The summed E-state index contributed by atoms with van der Waals surface area (Å²) in [5, 5.41) is 15.9. The van der Waals surface area contributed by atoms with Crippen molar-refractivity contribution in [3.63, 3.8) is 0 Å². The molecule has 1 N–H and O–H groups in total. The molecule has 4 aromatic rings. The van der Waals surface area contributed by atoms with Crippen LogP contribution in [-0.2, 0) is 4.79 Å². The molecular formula is C32H30N2OP+. The third kappa shape index (κ3) is 3.74. The van der Waals surface area contributed by atoms with Gasteiger partial charge in [0, 0.05) is 5.69 Å². The molecule has 0 radical (unpaired) electrons. The number of nitriles is 1. The molecule has 1 saturated carbocycles. The monoisotopic (exact) mass is 489 g/mol. The van der Waals surface area contributed by atoms with Gasteiger partial charge in [0.1, 0.15) is 23.2 Å². The lowest BCUT2D eigenvalue weighted by Gasteiger charge is -2.48. The van der Waals surface area contributed by atoms with Gasteiger partial charge in [0.15, 0.2) is 5.16 Å². The molecule has 0 heterocycles. The number of nitrogens with zero attached hydrogens (tertiary/aromatic N) is 1. The molecule has 1 fully saturated rings. The zero-order chi connectivity index (χ0) is 25.2. The quantitative estimate of drug-likeness (QED) is 0.336. The molecule has 36 heavy (non-hydrogen) atoms. The molecule has 1 aliphatic carbocycles. The van der Waals surface area contributed by atoms with Gasteiger partial charge < -0.3 is 5.32 Å². The van der Waals surface area contributed by atoms with Crippen LogP contribution in [0.2, 0.25) is 0 Å². The van der Waals surface area contributed by atoms with Gasteiger partial charge >= 0.3 is 0 Å². The van der Waals surface area contributed by atoms with Crippen molar-refractivity contribution in [2.75, 3.05) is 5.32 Å². The number of rotatable bonds is 6. The van der Waals surface area contributed by atoms with Crippen LogP contribution < -0.4 is 21.2 Å². The Morgan fingerprint density at radius 1 is 0.778 bits per heavy atom. The van der Waals surface area contributed by atoms with Gasteiger partial charge in [0.05, 0.1) is 11.6 Å². The maximum atomic E-state index is 14.6. The molecule has 4 heteroatoms. The van der Waals surface area contributed by atoms with Gasteiger partial charge in [-0.05, 0) is 92.8 Å². The fraction of sp³-hybridized carbons (Fsp3) is 0.188. The molecule has 0 bridgehead atoms. The Balaban J connectivity index is 1.75. The van der Waals surface area contributed by atoms with E-state index in [1.54, 1.807) is 0 Å². The molecule has 1 amide bonds. The number of nitrogens with one attached hydrogen (secondary N) is 1. The molecule has 3 nitrogen and oxygen atoms in total. The summed E-state index contributed by atoms with van der Waals surface area (Å²) in [5.74, 6) is 0.0783. The topological polar surface area (TPSA) is 52.9 Å². The SMILES string of the molecule is Cc1cc(C#N)cc(C)c1NC(=O)C1([P+](c2ccccc2)(c2ccccc2)c2ccccc2)CCC1. The molecule has 0 aliphatic heterocycles. The fourth-order valence-electron chi connectivity index (χ4n) is 5.82. The summed E-state index contributed by atoms with van der Waals surface area (Å²) in [4.78, 5) is 14.6. The van der Waals surface area contributed by atoms with Crippen LogP contribution in [0, 0.1) is 25.2 Å². The number of aryl methyl sites for hydroxylation is 2. The number of benzene rings is 4. The van der Waals surface area contributed by atoms with Gasteiger partial charge in [0.25, 0.3) is 5.91 Å². The van der Waals surface area contributed by atoms with Crippen LogP contribution in [0.5, 0.6) is 0 Å². The average Bonchev–Trinajstić information content (AvgIpc) is 2.89. The highest BCUT2D eigenvalue weighted by Gasteiger charge is 2.69. The van der Waals surface area contributed by atoms with Crippen LogP contribution in [0.25, 0.3) is 0 Å². The van der Waals surface area contributed by atoms with Crippen molar-refractivity contribution >= 4 is 34.8 Å². The van der Waals surface area contributed by atoms with Gasteiger partial charge in [-0.2, -0.15) is 5.26 Å². The maximum absolute atomic E-state index is 14.6. The Hall–Kier alpha value is -3.73. The van der Waals surface area contributed by atoms with Crippen LogP contribution in [0.1, 0.15) is 36.0 Å². The number of amides is 1. The van der Waals surface area contributed by atoms with Crippen LogP contribution in [0.15, 0.2) is 103 Å². The van der Waals surface area contributed by atoms with E-state index in [2.05, 4.69) is 84.2 Å². The molecule has 0 aromatic heterocycles. The first kappa shape index (κ1) is 24.0. The van der Waals surface area contributed by atoms with Crippen molar-refractivity contribution in [2.45, 2.75) is 38.3 Å². The summed E-state index contributed by atoms with van der Waals surface area (Å²) in [7, 11) is -2.39. The number of hydrogen-bond acceptors (Lipinski definition) is 2. The molecular weight excluding hydrogens is 459 g/mol. The van der Waals surface area contributed by atoms with Gasteiger partial charge in [-0.15, -0.1) is 0 Å². The Morgan fingerprint density at radius 3 is 1.53 bits per heavy atom. The lowest BCUT2D eigenvalue weighted by Crippen LogP contribution is -2.58. The fourth-order valence-corrected chi connectivity index (χ4v) is 11.4. The van der Waals surface area contributed by atoms with Crippen molar-refractivity contribution in [2.24, 2.45) is 0 Å². The highest BCUT2D eigenvalue weighted by Crippen LogP contribution is 2.72. The zero-order valence-corrected chi connectivity index (χ0v) is 21.6. The second-order valence-corrected chi connectivity index (χ2v) is 13.4. The number of carbonyl (C=O) groups excluding carboxylic acids is 1. The van der Waals surface area contributed by atoms with E-state index in [4.69, 9.17) is 0 Å². The minimum Gasteiger partial charge on any atom is -0.322 e. The Morgan fingerprint density at radius 2 is 1.19 bits per heavy atom. The van der Waals surface area contributed by atoms with Crippen LogP contribution in [-0.4, -0.2) is 11.1 Å². The van der Waals surface area contributed by atoms with Gasteiger partial charge in [-0.25, -0.2) is 0 Å². The van der Waals surface area contributed by atoms with Crippen LogP contribution >= 0.6 is 7.26 Å². The summed E-state index contributed by atoms with van der Waals surface area (Å²) < 4.78 is 0. The Kier molecular flexibility index (Phi) is 6.48. The first-order chi connectivity index (χ1) is 17.5. The Labute approximate surface area is 214 Å². The first-order valence-electron chi connectivity index (χ1n) is 12.4. The van der Waals surface area contributed by atoms with E-state index in [0.717, 1.165) is 36.1 Å². The van der Waals surface area contributed by atoms with E-state index in [0.29, 0.717) is 5.56 Å².